The Hall–Kier alpha value is -1.62. The van der Waals surface area contributed by atoms with Crippen LogP contribution < -0.4 is 5.73 Å². The molecular weight excluding hydrogens is 230 g/mol. The monoisotopic (exact) mass is 249 g/mol. The molecule has 0 aliphatic rings. The van der Waals surface area contributed by atoms with Crippen LogP contribution in [0.1, 0.15) is 45.3 Å². The van der Waals surface area contributed by atoms with E-state index in [2.05, 4.69) is 10.1 Å². The molecular formula is C13H19N3O2. The van der Waals surface area contributed by atoms with Crippen LogP contribution in [0.3, 0.4) is 0 Å². The zero-order chi connectivity index (χ0) is 13.3. The van der Waals surface area contributed by atoms with Gasteiger partial charge in [0.1, 0.15) is 5.76 Å². The van der Waals surface area contributed by atoms with Crippen molar-refractivity contribution in [1.82, 2.24) is 10.1 Å². The number of nitrogens with zero attached hydrogens (tertiary/aromatic N) is 2. The van der Waals surface area contributed by atoms with Crippen LogP contribution in [-0.2, 0) is 6.42 Å². The summed E-state index contributed by atoms with van der Waals surface area (Å²) in [6, 6.07) is 3.47. The van der Waals surface area contributed by atoms with Gasteiger partial charge in [0.2, 0.25) is 0 Å². The molecule has 0 radical (unpaired) electrons. The first kappa shape index (κ1) is 12.8. The van der Waals surface area contributed by atoms with Crippen molar-refractivity contribution in [3.63, 3.8) is 0 Å². The standard InChI is InChI=1S/C13H19N3O2/c1-5-8-6-7-9(17-8)12-15-11(16-18-12)10(14)13(2,3)4/h6-7,10H,5,14H2,1-4H3. The van der Waals surface area contributed by atoms with Crippen LogP contribution in [0.2, 0.25) is 0 Å². The molecule has 2 aromatic rings. The second-order valence-corrected chi connectivity index (χ2v) is 5.42. The fourth-order valence-electron chi connectivity index (χ4n) is 1.53. The third-order valence-electron chi connectivity index (χ3n) is 2.87. The van der Waals surface area contributed by atoms with E-state index in [0.717, 1.165) is 12.2 Å². The maximum Gasteiger partial charge on any atom is 0.293 e. The molecule has 5 heteroatoms. The predicted molar refractivity (Wildman–Crippen MR) is 67.8 cm³/mol. The highest BCUT2D eigenvalue weighted by Crippen LogP contribution is 2.30. The first-order chi connectivity index (χ1) is 8.41. The number of furan rings is 1. The van der Waals surface area contributed by atoms with E-state index >= 15 is 0 Å². The van der Waals surface area contributed by atoms with Crippen molar-refractivity contribution in [1.29, 1.82) is 0 Å². The fourth-order valence-corrected chi connectivity index (χ4v) is 1.53. The van der Waals surface area contributed by atoms with Crippen LogP contribution >= 0.6 is 0 Å². The number of rotatable bonds is 3. The number of hydrogen-bond donors (Lipinski definition) is 1. The Morgan fingerprint density at radius 1 is 1.33 bits per heavy atom. The van der Waals surface area contributed by atoms with Crippen LogP contribution in [-0.4, -0.2) is 10.1 Å². The molecule has 0 amide bonds. The van der Waals surface area contributed by atoms with E-state index in [1.807, 2.05) is 39.8 Å². The average molecular weight is 249 g/mol. The largest absolute Gasteiger partial charge is 0.456 e. The Bertz CT molecular complexity index is 522. The van der Waals surface area contributed by atoms with E-state index in [1.165, 1.54) is 0 Å². The fraction of sp³-hybridized carbons (Fsp3) is 0.538. The highest BCUT2D eigenvalue weighted by Gasteiger charge is 2.27. The van der Waals surface area contributed by atoms with E-state index in [1.54, 1.807) is 0 Å². The van der Waals surface area contributed by atoms with Crippen molar-refractivity contribution in [3.05, 3.63) is 23.7 Å². The van der Waals surface area contributed by atoms with Gasteiger partial charge < -0.3 is 14.7 Å². The molecule has 1 atom stereocenters. The summed E-state index contributed by atoms with van der Waals surface area (Å²) in [6.45, 7) is 8.14. The second-order valence-electron chi connectivity index (χ2n) is 5.42. The van der Waals surface area contributed by atoms with E-state index in [0.29, 0.717) is 17.5 Å². The highest BCUT2D eigenvalue weighted by atomic mass is 16.5. The third-order valence-corrected chi connectivity index (χ3v) is 2.87. The summed E-state index contributed by atoms with van der Waals surface area (Å²) in [4.78, 5) is 4.30. The maximum atomic E-state index is 6.08. The minimum Gasteiger partial charge on any atom is -0.456 e. The zero-order valence-corrected chi connectivity index (χ0v) is 11.2. The number of aryl methyl sites for hydroxylation is 1. The van der Waals surface area contributed by atoms with Crippen molar-refractivity contribution >= 4 is 0 Å². The minimum atomic E-state index is -0.268. The lowest BCUT2D eigenvalue weighted by molar-refractivity contribution is 0.303. The molecule has 2 rings (SSSR count). The van der Waals surface area contributed by atoms with E-state index < -0.39 is 0 Å². The van der Waals surface area contributed by atoms with Gasteiger partial charge in [-0.25, -0.2) is 0 Å². The van der Waals surface area contributed by atoms with Crippen molar-refractivity contribution in [2.75, 3.05) is 0 Å². The van der Waals surface area contributed by atoms with E-state index in [4.69, 9.17) is 14.7 Å². The van der Waals surface area contributed by atoms with Crippen molar-refractivity contribution in [2.24, 2.45) is 11.1 Å². The van der Waals surface area contributed by atoms with Gasteiger partial charge in [-0.2, -0.15) is 4.98 Å². The molecule has 0 aliphatic heterocycles. The molecule has 0 saturated heterocycles. The first-order valence-electron chi connectivity index (χ1n) is 6.10. The molecule has 0 bridgehead atoms. The molecule has 1 unspecified atom stereocenters. The third kappa shape index (κ3) is 2.46. The van der Waals surface area contributed by atoms with Gasteiger partial charge in [0, 0.05) is 6.42 Å². The number of aromatic nitrogens is 2. The van der Waals surface area contributed by atoms with Gasteiger partial charge >= 0.3 is 0 Å². The summed E-state index contributed by atoms with van der Waals surface area (Å²) in [6.07, 6.45) is 0.836. The molecule has 0 aliphatic carbocycles. The molecule has 2 N–H and O–H groups in total. The Balaban J connectivity index is 2.25. The average Bonchev–Trinajstić information content (AvgIpc) is 2.95. The normalized spacial score (nSPS) is 13.8. The topological polar surface area (TPSA) is 78.1 Å². The lowest BCUT2D eigenvalue weighted by Crippen LogP contribution is -2.27. The summed E-state index contributed by atoms with van der Waals surface area (Å²) in [5.41, 5.74) is 5.97. The SMILES string of the molecule is CCc1ccc(-c2nc(C(N)C(C)(C)C)no2)o1. The van der Waals surface area contributed by atoms with Gasteiger partial charge in [-0.15, -0.1) is 0 Å². The zero-order valence-electron chi connectivity index (χ0n) is 11.2. The molecule has 5 nitrogen and oxygen atoms in total. The van der Waals surface area contributed by atoms with Crippen LogP contribution in [0.15, 0.2) is 21.1 Å². The van der Waals surface area contributed by atoms with Crippen molar-refractivity contribution in [3.8, 4) is 11.7 Å². The lowest BCUT2D eigenvalue weighted by atomic mass is 9.87. The van der Waals surface area contributed by atoms with Gasteiger partial charge in [0.25, 0.3) is 5.89 Å². The summed E-state index contributed by atoms with van der Waals surface area (Å²) < 4.78 is 10.8. The highest BCUT2D eigenvalue weighted by molar-refractivity contribution is 5.44. The van der Waals surface area contributed by atoms with E-state index in [-0.39, 0.29) is 11.5 Å². The second kappa shape index (κ2) is 4.57. The van der Waals surface area contributed by atoms with Crippen molar-refractivity contribution < 1.29 is 8.94 Å². The Morgan fingerprint density at radius 2 is 2.06 bits per heavy atom. The molecule has 0 fully saturated rings. The van der Waals surface area contributed by atoms with E-state index in [9.17, 15) is 0 Å². The smallest absolute Gasteiger partial charge is 0.293 e. The summed E-state index contributed by atoms with van der Waals surface area (Å²) >= 11 is 0. The van der Waals surface area contributed by atoms with Gasteiger partial charge in [0.15, 0.2) is 11.6 Å². The van der Waals surface area contributed by atoms with Gasteiger partial charge in [0.05, 0.1) is 6.04 Å². The number of nitrogens with two attached hydrogens (primary N) is 1. The molecule has 18 heavy (non-hydrogen) atoms. The van der Waals surface area contributed by atoms with Crippen LogP contribution in [0, 0.1) is 5.41 Å². The molecule has 0 spiro atoms. The minimum absolute atomic E-state index is 0.112. The predicted octanol–water partition coefficient (Wildman–Crippen LogP) is 2.94. The molecule has 2 aromatic heterocycles. The van der Waals surface area contributed by atoms with Gasteiger partial charge in [-0.3, -0.25) is 0 Å². The van der Waals surface area contributed by atoms with Gasteiger partial charge in [-0.05, 0) is 17.5 Å². The quantitative estimate of drug-likeness (QED) is 0.904. The Kier molecular flexibility index (Phi) is 3.26. The molecule has 98 valence electrons. The van der Waals surface area contributed by atoms with Gasteiger partial charge in [-0.1, -0.05) is 32.9 Å². The van der Waals surface area contributed by atoms with Crippen LogP contribution in [0.25, 0.3) is 11.7 Å². The Morgan fingerprint density at radius 3 is 2.61 bits per heavy atom. The van der Waals surface area contributed by atoms with Crippen LogP contribution in [0.4, 0.5) is 0 Å². The number of hydrogen-bond acceptors (Lipinski definition) is 5. The Labute approximate surface area is 106 Å². The summed E-state index contributed by atoms with van der Waals surface area (Å²) in [5, 5.41) is 3.92. The molecule has 2 heterocycles. The summed E-state index contributed by atoms with van der Waals surface area (Å²) in [7, 11) is 0. The summed E-state index contributed by atoms with van der Waals surface area (Å²) in [5.74, 6) is 2.37. The molecule has 0 saturated carbocycles. The van der Waals surface area contributed by atoms with Crippen molar-refractivity contribution in [2.45, 2.75) is 40.2 Å². The first-order valence-corrected chi connectivity index (χ1v) is 6.10. The maximum absolute atomic E-state index is 6.08. The van der Waals surface area contributed by atoms with Crippen LogP contribution in [0.5, 0.6) is 0 Å². The lowest BCUT2D eigenvalue weighted by Gasteiger charge is -2.23. The molecule has 0 aromatic carbocycles.